The highest BCUT2D eigenvalue weighted by Crippen LogP contribution is 2.24. The minimum atomic E-state index is 0.186. The average Bonchev–Trinajstić information content (AvgIpc) is 2.24. The van der Waals surface area contributed by atoms with Gasteiger partial charge in [0.1, 0.15) is 6.07 Å². The molecule has 2 N–H and O–H groups in total. The average molecular weight is 198 g/mol. The Kier molecular flexibility index (Phi) is 2.01. The van der Waals surface area contributed by atoms with E-state index in [0.29, 0.717) is 5.69 Å². The Morgan fingerprint density at radius 2 is 2.00 bits per heavy atom. The van der Waals surface area contributed by atoms with Gasteiger partial charge in [-0.1, -0.05) is 12.1 Å². The van der Waals surface area contributed by atoms with Gasteiger partial charge in [-0.3, -0.25) is 0 Å². The third-order valence-corrected chi connectivity index (χ3v) is 2.60. The second kappa shape index (κ2) is 3.21. The fourth-order valence-electron chi connectivity index (χ4n) is 1.51. The van der Waals surface area contributed by atoms with Gasteiger partial charge in [0.2, 0.25) is 0 Å². The number of fused-ring (bicyclic) bond motifs is 1. The lowest BCUT2D eigenvalue weighted by Gasteiger charge is -2.06. The van der Waals surface area contributed by atoms with Gasteiger partial charge in [0.05, 0.1) is 11.2 Å². The van der Waals surface area contributed by atoms with Crippen LogP contribution in [0.5, 0.6) is 0 Å². The van der Waals surface area contributed by atoms with Crippen molar-refractivity contribution < 1.29 is 0 Å². The third-order valence-electron chi connectivity index (χ3n) is 2.60. The molecule has 0 saturated heterocycles. The number of benzene rings is 1. The quantitative estimate of drug-likeness (QED) is 0.699. The summed E-state index contributed by atoms with van der Waals surface area (Å²) in [6.45, 7) is 3.97. The van der Waals surface area contributed by atoms with E-state index in [0.717, 1.165) is 22.0 Å². The molecule has 0 aliphatic heterocycles. The summed E-state index contributed by atoms with van der Waals surface area (Å²) in [7, 11) is 0. The molecule has 1 heterocycles. The van der Waals surface area contributed by atoms with E-state index in [9.17, 15) is 0 Å². The highest BCUT2D eigenvalue weighted by atomic mass is 15.1. The van der Waals surface area contributed by atoms with Crippen molar-refractivity contribution in [3.8, 4) is 6.07 Å². The van der Waals surface area contributed by atoms with Crippen molar-refractivity contribution in [3.63, 3.8) is 0 Å². The Hall–Kier alpha value is -2.15. The summed E-state index contributed by atoms with van der Waals surface area (Å²) in [5.74, 6) is 0. The van der Waals surface area contributed by atoms with E-state index in [4.69, 9.17) is 11.0 Å². The van der Waals surface area contributed by atoms with Crippen LogP contribution < -0.4 is 5.73 Å². The number of nitrogens with two attached hydrogens (primary N) is 1. The standard InChI is InChI=1S/C11H10N4/c1-6-3-4-8-10(13)9(5-12)14-15-11(8)7(6)2/h3-4H,1-2H3,(H2,13,15). The number of nitrogens with zero attached hydrogens (tertiary/aromatic N) is 3. The first-order chi connectivity index (χ1) is 7.15. The van der Waals surface area contributed by atoms with E-state index in [2.05, 4.69) is 10.2 Å². The molecule has 0 unspecified atom stereocenters. The van der Waals surface area contributed by atoms with Gasteiger partial charge in [0.25, 0.3) is 0 Å². The molecule has 2 aromatic rings. The maximum Gasteiger partial charge on any atom is 0.186 e. The van der Waals surface area contributed by atoms with Gasteiger partial charge in [-0.15, -0.1) is 10.2 Å². The van der Waals surface area contributed by atoms with Crippen molar-refractivity contribution in [2.24, 2.45) is 0 Å². The van der Waals surface area contributed by atoms with Crippen molar-refractivity contribution in [1.82, 2.24) is 10.2 Å². The summed E-state index contributed by atoms with van der Waals surface area (Å²) in [4.78, 5) is 0. The van der Waals surface area contributed by atoms with E-state index in [1.54, 1.807) is 0 Å². The molecular formula is C11H10N4. The Labute approximate surface area is 87.3 Å². The van der Waals surface area contributed by atoms with E-state index in [1.165, 1.54) is 0 Å². The number of hydrogen-bond donors (Lipinski definition) is 1. The second-order valence-electron chi connectivity index (χ2n) is 3.48. The minimum absolute atomic E-state index is 0.186. The van der Waals surface area contributed by atoms with Gasteiger partial charge in [-0.2, -0.15) is 5.26 Å². The second-order valence-corrected chi connectivity index (χ2v) is 3.48. The Morgan fingerprint density at radius 3 is 2.67 bits per heavy atom. The number of hydrogen-bond acceptors (Lipinski definition) is 4. The summed E-state index contributed by atoms with van der Waals surface area (Å²) in [5.41, 5.74) is 9.38. The maximum absolute atomic E-state index is 8.77. The topological polar surface area (TPSA) is 75.6 Å². The predicted octanol–water partition coefficient (Wildman–Crippen LogP) is 1.70. The van der Waals surface area contributed by atoms with Crippen LogP contribution in [0.1, 0.15) is 16.8 Å². The zero-order valence-corrected chi connectivity index (χ0v) is 8.57. The molecule has 0 saturated carbocycles. The van der Waals surface area contributed by atoms with Gasteiger partial charge >= 0.3 is 0 Å². The zero-order valence-electron chi connectivity index (χ0n) is 8.57. The minimum Gasteiger partial charge on any atom is -0.396 e. The number of aromatic nitrogens is 2. The lowest BCUT2D eigenvalue weighted by Crippen LogP contribution is -2.00. The van der Waals surface area contributed by atoms with Gasteiger partial charge in [-0.05, 0) is 25.0 Å². The zero-order chi connectivity index (χ0) is 11.0. The summed E-state index contributed by atoms with van der Waals surface area (Å²) in [6.07, 6.45) is 0. The van der Waals surface area contributed by atoms with Crippen LogP contribution >= 0.6 is 0 Å². The van der Waals surface area contributed by atoms with Crippen LogP contribution in [0.4, 0.5) is 5.69 Å². The van der Waals surface area contributed by atoms with Gasteiger partial charge in [0, 0.05) is 5.39 Å². The number of rotatable bonds is 0. The van der Waals surface area contributed by atoms with Crippen LogP contribution in [-0.4, -0.2) is 10.2 Å². The van der Waals surface area contributed by atoms with Crippen LogP contribution in [0.3, 0.4) is 0 Å². The number of nitrogen functional groups attached to an aromatic ring is 1. The number of anilines is 1. The summed E-state index contributed by atoms with van der Waals surface area (Å²) in [6, 6.07) is 5.77. The molecule has 0 atom stereocenters. The molecule has 4 heteroatoms. The van der Waals surface area contributed by atoms with Crippen LogP contribution in [0.25, 0.3) is 10.9 Å². The Bertz CT molecular complexity index is 581. The summed E-state index contributed by atoms with van der Waals surface area (Å²) < 4.78 is 0. The first-order valence-electron chi connectivity index (χ1n) is 4.57. The van der Waals surface area contributed by atoms with E-state index < -0.39 is 0 Å². The highest BCUT2D eigenvalue weighted by molar-refractivity contribution is 5.93. The molecule has 1 aromatic heterocycles. The van der Waals surface area contributed by atoms with Crippen molar-refractivity contribution in [2.45, 2.75) is 13.8 Å². The van der Waals surface area contributed by atoms with Crippen molar-refractivity contribution >= 4 is 16.6 Å². The number of aryl methyl sites for hydroxylation is 2. The molecule has 74 valence electrons. The highest BCUT2D eigenvalue weighted by Gasteiger charge is 2.09. The first kappa shape index (κ1) is 9.41. The Balaban J connectivity index is 2.93. The molecular weight excluding hydrogens is 188 g/mol. The lowest BCUT2D eigenvalue weighted by atomic mass is 10.0. The van der Waals surface area contributed by atoms with E-state index in [1.807, 2.05) is 32.0 Å². The SMILES string of the molecule is Cc1ccc2c(N)c(C#N)nnc2c1C. The fraction of sp³-hybridized carbons (Fsp3) is 0.182. The van der Waals surface area contributed by atoms with E-state index >= 15 is 0 Å². The number of nitriles is 1. The van der Waals surface area contributed by atoms with Crippen molar-refractivity contribution in [2.75, 3.05) is 5.73 Å². The van der Waals surface area contributed by atoms with Gasteiger partial charge in [0.15, 0.2) is 5.69 Å². The normalized spacial score (nSPS) is 10.2. The van der Waals surface area contributed by atoms with E-state index in [-0.39, 0.29) is 5.69 Å². The smallest absolute Gasteiger partial charge is 0.186 e. The molecule has 2 rings (SSSR count). The lowest BCUT2D eigenvalue weighted by molar-refractivity contribution is 1.05. The largest absolute Gasteiger partial charge is 0.396 e. The third kappa shape index (κ3) is 1.29. The summed E-state index contributed by atoms with van der Waals surface area (Å²) >= 11 is 0. The maximum atomic E-state index is 8.77. The van der Waals surface area contributed by atoms with Crippen LogP contribution in [0.2, 0.25) is 0 Å². The molecule has 1 aromatic carbocycles. The monoisotopic (exact) mass is 198 g/mol. The molecule has 15 heavy (non-hydrogen) atoms. The first-order valence-corrected chi connectivity index (χ1v) is 4.57. The molecule has 0 bridgehead atoms. The van der Waals surface area contributed by atoms with Crippen molar-refractivity contribution in [3.05, 3.63) is 29.0 Å². The predicted molar refractivity (Wildman–Crippen MR) is 58.1 cm³/mol. The van der Waals surface area contributed by atoms with Crippen LogP contribution in [0.15, 0.2) is 12.1 Å². The van der Waals surface area contributed by atoms with Gasteiger partial charge in [-0.25, -0.2) is 0 Å². The van der Waals surface area contributed by atoms with Crippen LogP contribution in [-0.2, 0) is 0 Å². The molecule has 0 aliphatic carbocycles. The Morgan fingerprint density at radius 1 is 1.27 bits per heavy atom. The molecule has 0 radical (unpaired) electrons. The van der Waals surface area contributed by atoms with Crippen molar-refractivity contribution in [1.29, 1.82) is 5.26 Å². The molecule has 0 amide bonds. The van der Waals surface area contributed by atoms with Crippen LogP contribution in [0, 0.1) is 25.2 Å². The summed E-state index contributed by atoms with van der Waals surface area (Å²) in [5, 5.41) is 17.4. The molecule has 4 nitrogen and oxygen atoms in total. The molecule has 0 fully saturated rings. The molecule has 0 aliphatic rings. The fourth-order valence-corrected chi connectivity index (χ4v) is 1.51. The molecule has 0 spiro atoms. The van der Waals surface area contributed by atoms with Gasteiger partial charge < -0.3 is 5.73 Å².